The molecule has 0 spiro atoms. The van der Waals surface area contributed by atoms with E-state index in [4.69, 9.17) is 0 Å². The lowest BCUT2D eigenvalue weighted by atomic mass is 10.1. The van der Waals surface area contributed by atoms with Gasteiger partial charge >= 0.3 is 0 Å². The SMILES string of the molecule is O=C(NC(CBr)c1ccccc1)c1cccc(I)c1. The molecule has 0 radical (unpaired) electrons. The van der Waals surface area contributed by atoms with Crippen molar-refractivity contribution in [3.05, 3.63) is 69.3 Å². The standard InChI is InChI=1S/C15H13BrINO/c16-10-14(11-5-2-1-3-6-11)18-15(19)12-7-4-8-13(17)9-12/h1-9,14H,10H2,(H,18,19). The maximum absolute atomic E-state index is 12.2. The minimum atomic E-state index is -0.0492. The van der Waals surface area contributed by atoms with E-state index in [2.05, 4.69) is 43.8 Å². The smallest absolute Gasteiger partial charge is 0.251 e. The van der Waals surface area contributed by atoms with Crippen LogP contribution >= 0.6 is 38.5 Å². The fraction of sp³-hybridized carbons (Fsp3) is 0.133. The summed E-state index contributed by atoms with van der Waals surface area (Å²) in [6, 6.07) is 17.5. The molecule has 0 aromatic heterocycles. The molecular weight excluding hydrogens is 417 g/mol. The van der Waals surface area contributed by atoms with Gasteiger partial charge in [0.2, 0.25) is 0 Å². The monoisotopic (exact) mass is 429 g/mol. The van der Waals surface area contributed by atoms with Crippen LogP contribution in [0, 0.1) is 3.57 Å². The van der Waals surface area contributed by atoms with Gasteiger partial charge in [0.05, 0.1) is 6.04 Å². The molecule has 1 amide bonds. The summed E-state index contributed by atoms with van der Waals surface area (Å²) in [6.07, 6.45) is 0. The zero-order chi connectivity index (χ0) is 13.7. The third-order valence-corrected chi connectivity index (χ3v) is 4.07. The van der Waals surface area contributed by atoms with Gasteiger partial charge in [-0.1, -0.05) is 52.3 Å². The molecule has 1 N–H and O–H groups in total. The Labute approximate surface area is 134 Å². The molecule has 98 valence electrons. The van der Waals surface area contributed by atoms with Crippen LogP contribution in [0.4, 0.5) is 0 Å². The molecular formula is C15H13BrINO. The third-order valence-electron chi connectivity index (χ3n) is 2.75. The number of amides is 1. The largest absolute Gasteiger partial charge is 0.344 e. The quantitative estimate of drug-likeness (QED) is 0.573. The molecule has 0 saturated carbocycles. The highest BCUT2D eigenvalue weighted by atomic mass is 127. The van der Waals surface area contributed by atoms with E-state index in [9.17, 15) is 4.79 Å². The number of hydrogen-bond acceptors (Lipinski definition) is 1. The number of hydrogen-bond donors (Lipinski definition) is 1. The lowest BCUT2D eigenvalue weighted by molar-refractivity contribution is 0.0940. The van der Waals surface area contributed by atoms with Crippen molar-refractivity contribution in [2.24, 2.45) is 0 Å². The molecule has 0 aliphatic heterocycles. The zero-order valence-corrected chi connectivity index (χ0v) is 13.9. The Balaban J connectivity index is 2.13. The number of halogens is 2. The predicted octanol–water partition coefficient (Wildman–Crippen LogP) is 4.16. The second-order valence-electron chi connectivity index (χ2n) is 4.10. The van der Waals surface area contributed by atoms with Gasteiger partial charge in [0.1, 0.15) is 0 Å². The first-order valence-corrected chi connectivity index (χ1v) is 8.08. The Bertz CT molecular complexity index is 559. The molecule has 1 unspecified atom stereocenters. The fourth-order valence-corrected chi connectivity index (χ4v) is 2.85. The number of alkyl halides is 1. The van der Waals surface area contributed by atoms with Gasteiger partial charge in [0.25, 0.3) is 5.91 Å². The van der Waals surface area contributed by atoms with Crippen LogP contribution in [-0.2, 0) is 0 Å². The number of rotatable bonds is 4. The average molecular weight is 430 g/mol. The second kappa shape index (κ2) is 7.05. The summed E-state index contributed by atoms with van der Waals surface area (Å²) in [7, 11) is 0. The Kier molecular flexibility index (Phi) is 5.39. The second-order valence-corrected chi connectivity index (χ2v) is 5.99. The van der Waals surface area contributed by atoms with Crippen LogP contribution in [0.15, 0.2) is 54.6 Å². The van der Waals surface area contributed by atoms with Crippen molar-refractivity contribution in [1.82, 2.24) is 5.32 Å². The summed E-state index contributed by atoms with van der Waals surface area (Å²) in [4.78, 5) is 12.2. The molecule has 2 nitrogen and oxygen atoms in total. The van der Waals surface area contributed by atoms with E-state index in [1.807, 2.05) is 54.6 Å². The van der Waals surface area contributed by atoms with Crippen LogP contribution in [0.5, 0.6) is 0 Å². The van der Waals surface area contributed by atoms with Gasteiger partial charge < -0.3 is 5.32 Å². The van der Waals surface area contributed by atoms with Gasteiger partial charge in [-0.2, -0.15) is 0 Å². The number of nitrogens with one attached hydrogen (secondary N) is 1. The molecule has 0 aliphatic carbocycles. The summed E-state index contributed by atoms with van der Waals surface area (Å²) in [5, 5.41) is 3.72. The molecule has 0 aliphatic rings. The minimum Gasteiger partial charge on any atom is -0.344 e. The molecule has 2 aromatic carbocycles. The van der Waals surface area contributed by atoms with E-state index in [1.54, 1.807) is 0 Å². The van der Waals surface area contributed by atoms with Gasteiger partial charge in [0, 0.05) is 14.5 Å². The molecule has 0 bridgehead atoms. The van der Waals surface area contributed by atoms with Crippen molar-refractivity contribution in [2.75, 3.05) is 5.33 Å². The Hall–Kier alpha value is -0.880. The highest BCUT2D eigenvalue weighted by Gasteiger charge is 2.14. The van der Waals surface area contributed by atoms with Gasteiger partial charge in [-0.25, -0.2) is 0 Å². The van der Waals surface area contributed by atoms with E-state index in [0.29, 0.717) is 10.9 Å². The van der Waals surface area contributed by atoms with E-state index in [1.165, 1.54) is 0 Å². The van der Waals surface area contributed by atoms with E-state index < -0.39 is 0 Å². The topological polar surface area (TPSA) is 29.1 Å². The van der Waals surface area contributed by atoms with Crippen molar-refractivity contribution in [3.63, 3.8) is 0 Å². The van der Waals surface area contributed by atoms with E-state index in [0.717, 1.165) is 9.13 Å². The van der Waals surface area contributed by atoms with Crippen molar-refractivity contribution in [2.45, 2.75) is 6.04 Å². The summed E-state index contributed by atoms with van der Waals surface area (Å²) < 4.78 is 1.06. The average Bonchev–Trinajstić information content (AvgIpc) is 2.45. The Morgan fingerprint density at radius 3 is 2.53 bits per heavy atom. The van der Waals surface area contributed by atoms with Gasteiger partial charge in [-0.3, -0.25) is 4.79 Å². The van der Waals surface area contributed by atoms with Crippen LogP contribution in [0.2, 0.25) is 0 Å². The van der Waals surface area contributed by atoms with Gasteiger partial charge in [0.15, 0.2) is 0 Å². The Morgan fingerprint density at radius 2 is 1.89 bits per heavy atom. The summed E-state index contributed by atoms with van der Waals surface area (Å²) in [5.41, 5.74) is 1.78. The lowest BCUT2D eigenvalue weighted by Crippen LogP contribution is -2.29. The number of benzene rings is 2. The summed E-state index contributed by atoms with van der Waals surface area (Å²) in [6.45, 7) is 0. The van der Waals surface area contributed by atoms with E-state index in [-0.39, 0.29) is 11.9 Å². The first-order valence-electron chi connectivity index (χ1n) is 5.88. The van der Waals surface area contributed by atoms with Crippen LogP contribution < -0.4 is 5.32 Å². The molecule has 4 heteroatoms. The van der Waals surface area contributed by atoms with Gasteiger partial charge in [-0.15, -0.1) is 0 Å². The molecule has 2 rings (SSSR count). The fourth-order valence-electron chi connectivity index (χ4n) is 1.77. The summed E-state index contributed by atoms with van der Waals surface area (Å²) >= 11 is 5.66. The third kappa shape index (κ3) is 4.04. The maximum atomic E-state index is 12.2. The predicted molar refractivity (Wildman–Crippen MR) is 89.6 cm³/mol. The highest BCUT2D eigenvalue weighted by Crippen LogP contribution is 2.16. The summed E-state index contributed by atoms with van der Waals surface area (Å²) in [5.74, 6) is -0.0492. The van der Waals surface area contributed by atoms with Crippen LogP contribution in [0.25, 0.3) is 0 Å². The maximum Gasteiger partial charge on any atom is 0.251 e. The normalized spacial score (nSPS) is 11.9. The Morgan fingerprint density at radius 1 is 1.16 bits per heavy atom. The lowest BCUT2D eigenvalue weighted by Gasteiger charge is -2.16. The van der Waals surface area contributed by atoms with Crippen molar-refractivity contribution >= 4 is 44.4 Å². The first kappa shape index (κ1) is 14.5. The molecule has 0 heterocycles. The molecule has 0 saturated heterocycles. The van der Waals surface area contributed by atoms with Crippen molar-refractivity contribution in [3.8, 4) is 0 Å². The van der Waals surface area contributed by atoms with Crippen LogP contribution in [0.3, 0.4) is 0 Å². The first-order chi connectivity index (χ1) is 9.20. The molecule has 2 aromatic rings. The molecule has 0 fully saturated rings. The van der Waals surface area contributed by atoms with Crippen LogP contribution in [-0.4, -0.2) is 11.2 Å². The van der Waals surface area contributed by atoms with Crippen LogP contribution in [0.1, 0.15) is 22.0 Å². The van der Waals surface area contributed by atoms with Crippen molar-refractivity contribution in [1.29, 1.82) is 0 Å². The minimum absolute atomic E-state index is 0.0217. The number of carbonyl (C=O) groups excluding carboxylic acids is 1. The molecule has 19 heavy (non-hydrogen) atoms. The van der Waals surface area contributed by atoms with Crippen molar-refractivity contribution < 1.29 is 4.79 Å². The van der Waals surface area contributed by atoms with E-state index >= 15 is 0 Å². The number of carbonyl (C=O) groups is 1. The van der Waals surface area contributed by atoms with Gasteiger partial charge in [-0.05, 0) is 46.4 Å². The zero-order valence-electron chi connectivity index (χ0n) is 10.1. The highest BCUT2D eigenvalue weighted by molar-refractivity contribution is 14.1. The molecule has 1 atom stereocenters.